The number of amides is 1. The molecule has 9 heteroatoms. The number of ether oxygens (including phenoxy) is 1. The number of unbranched alkanes of at least 4 members (excludes halogenated alkanes) is 6. The van der Waals surface area contributed by atoms with Gasteiger partial charge < -0.3 is 10.1 Å². The Kier molecular flexibility index (Phi) is 12.0. The van der Waals surface area contributed by atoms with Gasteiger partial charge in [-0.15, -0.1) is 0 Å². The van der Waals surface area contributed by atoms with E-state index in [2.05, 4.69) is 28.2 Å². The maximum absolute atomic E-state index is 13.4. The second kappa shape index (κ2) is 15.4. The predicted molar refractivity (Wildman–Crippen MR) is 158 cm³/mol. The molecule has 0 saturated carbocycles. The van der Waals surface area contributed by atoms with Crippen molar-refractivity contribution in [2.24, 2.45) is 0 Å². The van der Waals surface area contributed by atoms with Crippen LogP contribution in [0.15, 0.2) is 65.1 Å². The van der Waals surface area contributed by atoms with Crippen molar-refractivity contribution in [2.75, 3.05) is 5.32 Å². The first kappa shape index (κ1) is 30.3. The lowest BCUT2D eigenvalue weighted by Crippen LogP contribution is -2.18. The highest BCUT2D eigenvalue weighted by atomic mass is 79.9. The molecule has 39 heavy (non-hydrogen) atoms. The molecule has 0 aliphatic heterocycles. The summed E-state index contributed by atoms with van der Waals surface area (Å²) >= 11 is 9.67. The third kappa shape index (κ3) is 9.48. The fourth-order valence-corrected chi connectivity index (χ4v) is 4.91. The highest BCUT2D eigenvalue weighted by Crippen LogP contribution is 2.33. The van der Waals surface area contributed by atoms with E-state index in [1.54, 1.807) is 6.07 Å². The maximum Gasteiger partial charge on any atom is 0.311 e. The number of halogens is 2. The number of hydrogen-bond donors (Lipinski definition) is 1. The van der Waals surface area contributed by atoms with Crippen LogP contribution in [0, 0.1) is 10.1 Å². The van der Waals surface area contributed by atoms with Crippen molar-refractivity contribution in [3.05, 3.63) is 97.0 Å². The average molecular weight is 616 g/mol. The van der Waals surface area contributed by atoms with Gasteiger partial charge in [0.05, 0.1) is 21.2 Å². The Morgan fingerprint density at radius 1 is 0.974 bits per heavy atom. The Hall–Kier alpha value is -3.23. The van der Waals surface area contributed by atoms with Gasteiger partial charge in [0.2, 0.25) is 0 Å². The van der Waals surface area contributed by atoms with Gasteiger partial charge >= 0.3 is 5.97 Å². The van der Waals surface area contributed by atoms with E-state index in [-0.39, 0.29) is 34.1 Å². The van der Waals surface area contributed by atoms with Gasteiger partial charge in [0.25, 0.3) is 11.6 Å². The fourth-order valence-electron chi connectivity index (χ4n) is 4.19. The first-order valence-corrected chi connectivity index (χ1v) is 14.3. The van der Waals surface area contributed by atoms with Gasteiger partial charge in [-0.2, -0.15) is 0 Å². The number of esters is 1. The third-order valence-electron chi connectivity index (χ3n) is 6.22. The molecule has 0 atom stereocenters. The molecule has 1 amide bonds. The molecule has 7 nitrogen and oxygen atoms in total. The van der Waals surface area contributed by atoms with E-state index in [0.29, 0.717) is 16.5 Å². The SMILES string of the molecule is CCCCCCCCCC(=O)Oc1c(Cc2ccccc2)cc(Br)cc1C(=O)Nc1ccc([N+](=O)[O-])cc1Cl. The number of benzene rings is 3. The number of non-ortho nitro benzene ring substituents is 1. The van der Waals surface area contributed by atoms with Crippen molar-refractivity contribution in [3.8, 4) is 5.75 Å². The van der Waals surface area contributed by atoms with Crippen LogP contribution in [0.2, 0.25) is 5.02 Å². The lowest BCUT2D eigenvalue weighted by molar-refractivity contribution is -0.384. The Morgan fingerprint density at radius 3 is 2.33 bits per heavy atom. The monoisotopic (exact) mass is 614 g/mol. The summed E-state index contributed by atoms with van der Waals surface area (Å²) in [7, 11) is 0. The second-order valence-corrected chi connectivity index (χ2v) is 10.6. The molecule has 3 aromatic rings. The predicted octanol–water partition coefficient (Wildman–Crippen LogP) is 8.90. The van der Waals surface area contributed by atoms with Crippen molar-refractivity contribution in [1.82, 2.24) is 0 Å². The number of hydrogen-bond acceptors (Lipinski definition) is 5. The molecular weight excluding hydrogens is 584 g/mol. The van der Waals surface area contributed by atoms with Crippen molar-refractivity contribution in [2.45, 2.75) is 64.7 Å². The molecule has 0 spiro atoms. The summed E-state index contributed by atoms with van der Waals surface area (Å²) in [5, 5.41) is 13.8. The van der Waals surface area contributed by atoms with Gasteiger partial charge in [0.1, 0.15) is 5.75 Å². The Bertz CT molecular complexity index is 1300. The highest BCUT2D eigenvalue weighted by molar-refractivity contribution is 9.10. The zero-order chi connectivity index (χ0) is 28.2. The molecule has 0 heterocycles. The molecule has 0 aromatic heterocycles. The first-order chi connectivity index (χ1) is 18.8. The number of carbonyl (C=O) groups is 2. The first-order valence-electron chi connectivity index (χ1n) is 13.1. The van der Waals surface area contributed by atoms with Crippen molar-refractivity contribution < 1.29 is 19.2 Å². The van der Waals surface area contributed by atoms with Gasteiger partial charge in [-0.25, -0.2) is 0 Å². The Balaban J connectivity index is 1.83. The van der Waals surface area contributed by atoms with Crippen molar-refractivity contribution in [1.29, 1.82) is 0 Å². The van der Waals surface area contributed by atoms with Crippen LogP contribution in [0.4, 0.5) is 11.4 Å². The number of rotatable bonds is 14. The number of anilines is 1. The minimum atomic E-state index is -0.565. The van der Waals surface area contributed by atoms with Gasteiger partial charge in [-0.1, -0.05) is 103 Å². The molecule has 0 fully saturated rings. The smallest absolute Gasteiger partial charge is 0.311 e. The summed E-state index contributed by atoms with van der Waals surface area (Å²) in [5.41, 5.74) is 1.83. The van der Waals surface area contributed by atoms with Crippen LogP contribution in [-0.2, 0) is 11.2 Å². The number of nitrogens with one attached hydrogen (secondary N) is 1. The van der Waals surface area contributed by atoms with Crippen LogP contribution in [0.3, 0.4) is 0 Å². The molecule has 1 N–H and O–H groups in total. The zero-order valence-electron chi connectivity index (χ0n) is 21.9. The van der Waals surface area contributed by atoms with Crippen LogP contribution in [0.25, 0.3) is 0 Å². The molecule has 0 saturated heterocycles. The summed E-state index contributed by atoms with van der Waals surface area (Å²) in [6.45, 7) is 2.18. The number of nitrogens with zero attached hydrogens (tertiary/aromatic N) is 1. The Labute approximate surface area is 242 Å². The zero-order valence-corrected chi connectivity index (χ0v) is 24.2. The minimum absolute atomic E-state index is 0.0227. The van der Waals surface area contributed by atoms with E-state index in [9.17, 15) is 19.7 Å². The summed E-state index contributed by atoms with van der Waals surface area (Å²) in [6, 6.07) is 16.9. The van der Waals surface area contributed by atoms with E-state index in [1.165, 1.54) is 37.5 Å². The van der Waals surface area contributed by atoms with E-state index >= 15 is 0 Å². The number of nitro benzene ring substituents is 1. The lowest BCUT2D eigenvalue weighted by Gasteiger charge is -2.16. The van der Waals surface area contributed by atoms with Crippen LogP contribution >= 0.6 is 27.5 Å². The molecule has 3 rings (SSSR count). The third-order valence-corrected chi connectivity index (χ3v) is 7.00. The van der Waals surface area contributed by atoms with Crippen LogP contribution in [-0.4, -0.2) is 16.8 Å². The molecule has 0 unspecified atom stereocenters. The van der Waals surface area contributed by atoms with Crippen molar-refractivity contribution in [3.63, 3.8) is 0 Å². The van der Waals surface area contributed by atoms with Crippen LogP contribution < -0.4 is 10.1 Å². The van der Waals surface area contributed by atoms with Gasteiger partial charge in [0.15, 0.2) is 0 Å². The van der Waals surface area contributed by atoms with E-state index in [1.807, 2.05) is 36.4 Å². The maximum atomic E-state index is 13.4. The average Bonchev–Trinajstić information content (AvgIpc) is 2.91. The fraction of sp³-hybridized carbons (Fsp3) is 0.333. The molecule has 0 aliphatic carbocycles. The second-order valence-electron chi connectivity index (χ2n) is 9.32. The standard InChI is InChI=1S/C30H32BrClN2O5/c1-2-3-4-5-6-7-11-14-28(35)39-29-22(17-21-12-9-8-10-13-21)18-23(31)19-25(29)30(36)33-27-16-15-24(34(37)38)20-26(27)32/h8-10,12-13,15-16,18-20H,2-7,11,14,17H2,1H3,(H,33,36). The normalized spacial score (nSPS) is 10.7. The largest absolute Gasteiger partial charge is 0.425 e. The molecule has 206 valence electrons. The van der Waals surface area contributed by atoms with Crippen LogP contribution in [0.1, 0.15) is 79.8 Å². The Morgan fingerprint density at radius 2 is 1.67 bits per heavy atom. The van der Waals surface area contributed by atoms with Crippen molar-refractivity contribution >= 4 is 50.8 Å². The molecule has 0 bridgehead atoms. The van der Waals surface area contributed by atoms with Crippen LogP contribution in [0.5, 0.6) is 5.75 Å². The van der Waals surface area contributed by atoms with E-state index in [4.69, 9.17) is 16.3 Å². The number of carbonyl (C=O) groups excluding carboxylic acids is 2. The number of nitro groups is 1. The van der Waals surface area contributed by atoms with E-state index < -0.39 is 16.8 Å². The summed E-state index contributed by atoms with van der Waals surface area (Å²) in [4.78, 5) is 36.8. The minimum Gasteiger partial charge on any atom is -0.425 e. The summed E-state index contributed by atoms with van der Waals surface area (Å²) in [6.07, 6.45) is 8.23. The topological polar surface area (TPSA) is 98.5 Å². The van der Waals surface area contributed by atoms with Gasteiger partial charge in [0, 0.05) is 35.0 Å². The molecule has 0 radical (unpaired) electrons. The molecular formula is C30H32BrClN2O5. The summed E-state index contributed by atoms with van der Waals surface area (Å²) < 4.78 is 6.48. The highest BCUT2D eigenvalue weighted by Gasteiger charge is 2.22. The quantitative estimate of drug-likeness (QED) is 0.0642. The van der Waals surface area contributed by atoms with E-state index in [0.717, 1.165) is 31.2 Å². The summed E-state index contributed by atoms with van der Waals surface area (Å²) in [5.74, 6) is -0.770. The van der Waals surface area contributed by atoms with Gasteiger partial charge in [-0.05, 0) is 30.2 Å². The molecule has 0 aliphatic rings. The van der Waals surface area contributed by atoms with Gasteiger partial charge in [-0.3, -0.25) is 19.7 Å². The lowest BCUT2D eigenvalue weighted by atomic mass is 10.0. The molecule has 3 aromatic carbocycles.